The lowest BCUT2D eigenvalue weighted by atomic mass is 10.2. The van der Waals surface area contributed by atoms with E-state index < -0.39 is 5.60 Å². The van der Waals surface area contributed by atoms with Crippen molar-refractivity contribution in [2.75, 3.05) is 13.1 Å². The fourth-order valence-electron chi connectivity index (χ4n) is 2.77. The molecule has 1 amide bonds. The van der Waals surface area contributed by atoms with Crippen LogP contribution in [0, 0.1) is 0 Å². The molecule has 0 N–H and O–H groups in total. The number of benzene rings is 1. The van der Waals surface area contributed by atoms with Crippen LogP contribution in [0.15, 0.2) is 33.5 Å². The van der Waals surface area contributed by atoms with Gasteiger partial charge in [0.25, 0.3) is 0 Å². The van der Waals surface area contributed by atoms with E-state index in [0.717, 1.165) is 5.52 Å². The Morgan fingerprint density at radius 2 is 2.05 bits per heavy atom. The molecule has 2 heterocycles. The van der Waals surface area contributed by atoms with Crippen molar-refractivity contribution in [2.24, 2.45) is 0 Å². The van der Waals surface area contributed by atoms with Crippen molar-refractivity contribution in [1.29, 1.82) is 0 Å². The normalized spacial score (nSPS) is 18.9. The third kappa shape index (κ3) is 2.73. The Morgan fingerprint density at radius 3 is 2.77 bits per heavy atom. The van der Waals surface area contributed by atoms with Crippen LogP contribution in [0.4, 0.5) is 4.79 Å². The molecule has 3 rings (SSSR count). The average molecular weight is 304 g/mol. The molecule has 1 aromatic heterocycles. The van der Waals surface area contributed by atoms with E-state index >= 15 is 0 Å². The highest BCUT2D eigenvalue weighted by Gasteiger charge is 2.32. The lowest BCUT2D eigenvalue weighted by Crippen LogP contribution is -2.36. The van der Waals surface area contributed by atoms with Crippen molar-refractivity contribution in [3.63, 3.8) is 0 Å². The van der Waals surface area contributed by atoms with Gasteiger partial charge < -0.3 is 14.1 Å². The fraction of sp³-hybridized carbons (Fsp3) is 0.500. The summed E-state index contributed by atoms with van der Waals surface area (Å²) in [4.78, 5) is 25.9. The Hall–Kier alpha value is -2.24. The zero-order chi connectivity index (χ0) is 15.9. The van der Waals surface area contributed by atoms with Crippen LogP contribution in [0.3, 0.4) is 0 Å². The van der Waals surface area contributed by atoms with E-state index in [1.54, 1.807) is 15.5 Å². The van der Waals surface area contributed by atoms with Gasteiger partial charge in [0.1, 0.15) is 5.60 Å². The Kier molecular flexibility index (Phi) is 3.47. The molecule has 2 aromatic rings. The highest BCUT2D eigenvalue weighted by atomic mass is 16.6. The third-order valence-electron chi connectivity index (χ3n) is 3.70. The number of fused-ring (bicyclic) bond motifs is 1. The monoisotopic (exact) mass is 304 g/mol. The summed E-state index contributed by atoms with van der Waals surface area (Å²) in [6, 6.07) is 7.25. The number of carbonyl (C=O) groups excluding carboxylic acids is 1. The van der Waals surface area contributed by atoms with Crippen molar-refractivity contribution in [1.82, 2.24) is 9.47 Å². The van der Waals surface area contributed by atoms with Crippen LogP contribution < -0.4 is 5.76 Å². The van der Waals surface area contributed by atoms with Gasteiger partial charge in [-0.15, -0.1) is 0 Å². The molecule has 22 heavy (non-hydrogen) atoms. The van der Waals surface area contributed by atoms with Gasteiger partial charge in [-0.05, 0) is 39.3 Å². The molecule has 1 atom stereocenters. The first kappa shape index (κ1) is 14.7. The summed E-state index contributed by atoms with van der Waals surface area (Å²) in [5, 5.41) is 0. The van der Waals surface area contributed by atoms with Crippen molar-refractivity contribution in [3.8, 4) is 0 Å². The Balaban J connectivity index is 1.82. The summed E-state index contributed by atoms with van der Waals surface area (Å²) in [5.74, 6) is -0.378. The molecule has 1 aromatic carbocycles. The van der Waals surface area contributed by atoms with Crippen LogP contribution in [0.1, 0.15) is 33.2 Å². The minimum Gasteiger partial charge on any atom is -0.444 e. The number of ether oxygens (including phenoxy) is 1. The standard InChI is InChI=1S/C16H20N2O4/c1-16(2,3)22-14(19)17-9-8-11(10-17)18-12-6-4-5-7-13(12)21-15(18)20/h4-7,11H,8-10H2,1-3H3/t11-/m0/s1. The SMILES string of the molecule is CC(C)(C)OC(=O)N1CC[C@H](n2c(=O)oc3ccccc32)C1. The number of likely N-dealkylation sites (tertiary alicyclic amines) is 1. The second-order valence-electron chi connectivity index (χ2n) is 6.57. The summed E-state index contributed by atoms with van der Waals surface area (Å²) in [7, 11) is 0. The summed E-state index contributed by atoms with van der Waals surface area (Å²) < 4.78 is 12.3. The van der Waals surface area contributed by atoms with Crippen LogP contribution in [-0.2, 0) is 4.74 Å². The number of aromatic nitrogens is 1. The topological polar surface area (TPSA) is 64.7 Å². The van der Waals surface area contributed by atoms with E-state index in [4.69, 9.17) is 9.15 Å². The third-order valence-corrected chi connectivity index (χ3v) is 3.70. The van der Waals surface area contributed by atoms with E-state index in [2.05, 4.69) is 0 Å². The summed E-state index contributed by atoms with van der Waals surface area (Å²) in [5.41, 5.74) is 0.820. The highest BCUT2D eigenvalue weighted by Crippen LogP contribution is 2.26. The van der Waals surface area contributed by atoms with Crippen LogP contribution in [0.25, 0.3) is 11.1 Å². The molecule has 118 valence electrons. The number of hydrogen-bond donors (Lipinski definition) is 0. The van der Waals surface area contributed by atoms with Crippen molar-refractivity contribution >= 4 is 17.2 Å². The first-order valence-corrected chi connectivity index (χ1v) is 7.43. The van der Waals surface area contributed by atoms with E-state index in [0.29, 0.717) is 25.1 Å². The van der Waals surface area contributed by atoms with Gasteiger partial charge in [-0.1, -0.05) is 12.1 Å². The molecule has 6 nitrogen and oxygen atoms in total. The van der Waals surface area contributed by atoms with Gasteiger partial charge in [-0.2, -0.15) is 0 Å². The minimum absolute atomic E-state index is 0.0799. The van der Waals surface area contributed by atoms with Gasteiger partial charge >= 0.3 is 11.8 Å². The van der Waals surface area contributed by atoms with Gasteiger partial charge in [0.15, 0.2) is 5.58 Å². The summed E-state index contributed by atoms with van der Waals surface area (Å²) in [6.45, 7) is 6.55. The first-order valence-electron chi connectivity index (χ1n) is 7.43. The van der Waals surface area contributed by atoms with Crippen LogP contribution in [-0.4, -0.2) is 34.3 Å². The Bertz CT molecular complexity index is 753. The largest absolute Gasteiger partial charge is 0.444 e. The Labute approximate surface area is 128 Å². The average Bonchev–Trinajstić information content (AvgIpc) is 2.99. The number of hydrogen-bond acceptors (Lipinski definition) is 4. The zero-order valence-corrected chi connectivity index (χ0v) is 13.0. The van der Waals surface area contributed by atoms with E-state index in [1.165, 1.54) is 0 Å². The van der Waals surface area contributed by atoms with E-state index in [1.807, 2.05) is 39.0 Å². The number of oxazole rings is 1. The number of rotatable bonds is 1. The van der Waals surface area contributed by atoms with Crippen LogP contribution in [0.5, 0.6) is 0 Å². The fourth-order valence-corrected chi connectivity index (χ4v) is 2.77. The maximum absolute atomic E-state index is 12.1. The molecule has 1 fully saturated rings. The predicted octanol–water partition coefficient (Wildman–Crippen LogP) is 2.78. The van der Waals surface area contributed by atoms with Crippen LogP contribution in [0.2, 0.25) is 0 Å². The van der Waals surface area contributed by atoms with Crippen molar-refractivity contribution < 1.29 is 13.9 Å². The quantitative estimate of drug-likeness (QED) is 0.812. The van der Waals surface area contributed by atoms with Gasteiger partial charge in [-0.3, -0.25) is 4.57 Å². The molecule has 0 spiro atoms. The number of carbonyl (C=O) groups is 1. The number of nitrogens with zero attached hydrogens (tertiary/aromatic N) is 2. The predicted molar refractivity (Wildman–Crippen MR) is 81.9 cm³/mol. The molecule has 0 bridgehead atoms. The zero-order valence-electron chi connectivity index (χ0n) is 13.0. The lowest BCUT2D eigenvalue weighted by molar-refractivity contribution is 0.0289. The number of para-hydroxylation sites is 2. The molecule has 0 aliphatic carbocycles. The van der Waals surface area contributed by atoms with Crippen molar-refractivity contribution in [3.05, 3.63) is 34.8 Å². The van der Waals surface area contributed by atoms with E-state index in [9.17, 15) is 9.59 Å². The molecule has 1 saturated heterocycles. The molecular weight excluding hydrogens is 284 g/mol. The molecule has 6 heteroatoms. The minimum atomic E-state index is -0.519. The van der Waals surface area contributed by atoms with Gasteiger partial charge in [-0.25, -0.2) is 9.59 Å². The highest BCUT2D eigenvalue weighted by molar-refractivity contribution is 5.73. The van der Waals surface area contributed by atoms with Gasteiger partial charge in [0.05, 0.1) is 11.6 Å². The molecule has 0 unspecified atom stereocenters. The summed E-state index contributed by atoms with van der Waals surface area (Å²) in [6.07, 6.45) is 0.374. The second-order valence-corrected chi connectivity index (χ2v) is 6.57. The van der Waals surface area contributed by atoms with Gasteiger partial charge in [0, 0.05) is 13.1 Å². The second kappa shape index (κ2) is 5.19. The lowest BCUT2D eigenvalue weighted by Gasteiger charge is -2.24. The number of amides is 1. The molecule has 0 radical (unpaired) electrons. The Morgan fingerprint density at radius 1 is 1.32 bits per heavy atom. The molecular formula is C16H20N2O4. The van der Waals surface area contributed by atoms with Gasteiger partial charge in [0.2, 0.25) is 0 Å². The first-order chi connectivity index (χ1) is 10.3. The maximum Gasteiger partial charge on any atom is 0.420 e. The summed E-state index contributed by atoms with van der Waals surface area (Å²) >= 11 is 0. The van der Waals surface area contributed by atoms with E-state index in [-0.39, 0.29) is 17.9 Å². The maximum atomic E-state index is 12.1. The molecule has 0 saturated carbocycles. The molecule has 1 aliphatic rings. The molecule has 1 aliphatic heterocycles. The van der Waals surface area contributed by atoms with Crippen LogP contribution >= 0.6 is 0 Å². The van der Waals surface area contributed by atoms with Crippen molar-refractivity contribution in [2.45, 2.75) is 38.8 Å². The smallest absolute Gasteiger partial charge is 0.420 e.